The second-order valence-electron chi connectivity index (χ2n) is 3.69. The lowest BCUT2D eigenvalue weighted by Crippen LogP contribution is -2.20. The number of primary amides is 1. The van der Waals surface area contributed by atoms with E-state index in [1.54, 1.807) is 18.2 Å². The summed E-state index contributed by atoms with van der Waals surface area (Å²) in [7, 11) is 1.47. The van der Waals surface area contributed by atoms with Crippen LogP contribution in [0.4, 0.5) is 0 Å². The summed E-state index contributed by atoms with van der Waals surface area (Å²) in [5, 5.41) is 9.31. The van der Waals surface area contributed by atoms with Crippen molar-refractivity contribution in [2.45, 2.75) is 6.10 Å². The van der Waals surface area contributed by atoms with Gasteiger partial charge in [-0.2, -0.15) is 0 Å². The Kier molecular flexibility index (Phi) is 6.24. The largest absolute Gasteiger partial charge is 0.493 e. The SMILES string of the molecule is COc1cc(OCC(N)=O)ccc1OCC(O)CCl. The van der Waals surface area contributed by atoms with Crippen molar-refractivity contribution in [3.05, 3.63) is 18.2 Å². The Balaban J connectivity index is 2.69. The first-order valence-corrected chi connectivity index (χ1v) is 6.06. The van der Waals surface area contributed by atoms with Gasteiger partial charge in [0, 0.05) is 6.07 Å². The molecule has 1 aromatic rings. The van der Waals surface area contributed by atoms with Crippen molar-refractivity contribution in [1.82, 2.24) is 0 Å². The lowest BCUT2D eigenvalue weighted by atomic mass is 10.3. The average Bonchev–Trinajstić information content (AvgIpc) is 2.42. The van der Waals surface area contributed by atoms with Crippen molar-refractivity contribution in [3.8, 4) is 17.2 Å². The number of carbonyl (C=O) groups is 1. The zero-order valence-corrected chi connectivity index (χ0v) is 11.2. The van der Waals surface area contributed by atoms with E-state index in [1.165, 1.54) is 7.11 Å². The lowest BCUT2D eigenvalue weighted by molar-refractivity contribution is -0.119. The molecular weight excluding hydrogens is 274 g/mol. The number of ether oxygens (including phenoxy) is 3. The molecule has 106 valence electrons. The molecule has 0 aliphatic heterocycles. The average molecular weight is 290 g/mol. The Bertz CT molecular complexity index is 427. The summed E-state index contributed by atoms with van der Waals surface area (Å²) < 4.78 is 15.6. The van der Waals surface area contributed by atoms with E-state index in [1.807, 2.05) is 0 Å². The Labute approximate surface area is 116 Å². The van der Waals surface area contributed by atoms with Crippen molar-refractivity contribution < 1.29 is 24.1 Å². The number of amides is 1. The number of methoxy groups -OCH3 is 1. The zero-order valence-electron chi connectivity index (χ0n) is 10.5. The quantitative estimate of drug-likeness (QED) is 0.682. The van der Waals surface area contributed by atoms with Crippen LogP contribution in [0.1, 0.15) is 0 Å². The first-order chi connectivity index (χ1) is 9.06. The summed E-state index contributed by atoms with van der Waals surface area (Å²) in [5.41, 5.74) is 4.98. The van der Waals surface area contributed by atoms with Crippen LogP contribution in [0.15, 0.2) is 18.2 Å². The maximum absolute atomic E-state index is 10.6. The fourth-order valence-electron chi connectivity index (χ4n) is 1.24. The van der Waals surface area contributed by atoms with E-state index in [9.17, 15) is 9.90 Å². The molecule has 1 amide bonds. The van der Waals surface area contributed by atoms with E-state index in [-0.39, 0.29) is 19.1 Å². The molecule has 0 aliphatic carbocycles. The van der Waals surface area contributed by atoms with Crippen molar-refractivity contribution in [1.29, 1.82) is 0 Å². The molecule has 0 spiro atoms. The highest BCUT2D eigenvalue weighted by Gasteiger charge is 2.09. The molecule has 1 rings (SSSR count). The summed E-state index contributed by atoms with van der Waals surface area (Å²) in [6, 6.07) is 4.77. The van der Waals surface area contributed by atoms with Crippen LogP contribution < -0.4 is 19.9 Å². The number of rotatable bonds is 8. The normalized spacial score (nSPS) is 11.7. The molecule has 1 atom stereocenters. The molecule has 1 aromatic carbocycles. The second kappa shape index (κ2) is 7.70. The number of benzene rings is 1. The summed E-state index contributed by atoms with van der Waals surface area (Å²) >= 11 is 5.46. The van der Waals surface area contributed by atoms with Gasteiger partial charge in [-0.3, -0.25) is 4.79 Å². The van der Waals surface area contributed by atoms with Gasteiger partial charge >= 0.3 is 0 Å². The first kappa shape index (κ1) is 15.4. The number of aliphatic hydroxyl groups is 1. The van der Waals surface area contributed by atoms with Gasteiger partial charge in [0.25, 0.3) is 5.91 Å². The highest BCUT2D eigenvalue weighted by molar-refractivity contribution is 6.18. The van der Waals surface area contributed by atoms with E-state index in [0.29, 0.717) is 17.2 Å². The zero-order chi connectivity index (χ0) is 14.3. The number of alkyl halides is 1. The van der Waals surface area contributed by atoms with Gasteiger partial charge in [-0.05, 0) is 12.1 Å². The number of hydrogen-bond donors (Lipinski definition) is 2. The molecule has 0 aliphatic rings. The topological polar surface area (TPSA) is 91.0 Å². The van der Waals surface area contributed by atoms with Crippen LogP contribution >= 0.6 is 11.6 Å². The number of nitrogens with two attached hydrogens (primary N) is 1. The Morgan fingerprint density at radius 1 is 1.42 bits per heavy atom. The number of hydrogen-bond acceptors (Lipinski definition) is 5. The van der Waals surface area contributed by atoms with Gasteiger partial charge in [-0.1, -0.05) is 0 Å². The minimum absolute atomic E-state index is 0.0569. The van der Waals surface area contributed by atoms with Crippen molar-refractivity contribution >= 4 is 17.5 Å². The lowest BCUT2D eigenvalue weighted by Gasteiger charge is -2.14. The van der Waals surface area contributed by atoms with Crippen LogP contribution in [-0.4, -0.2) is 43.3 Å². The van der Waals surface area contributed by atoms with E-state index < -0.39 is 12.0 Å². The van der Waals surface area contributed by atoms with E-state index >= 15 is 0 Å². The molecule has 6 nitrogen and oxygen atoms in total. The van der Waals surface area contributed by atoms with Gasteiger partial charge in [-0.25, -0.2) is 0 Å². The summed E-state index contributed by atoms with van der Waals surface area (Å²) in [6.07, 6.45) is -0.753. The molecule has 0 heterocycles. The third-order valence-electron chi connectivity index (χ3n) is 2.13. The van der Waals surface area contributed by atoms with Gasteiger partial charge in [0.15, 0.2) is 18.1 Å². The van der Waals surface area contributed by atoms with Crippen LogP contribution in [0.3, 0.4) is 0 Å². The Morgan fingerprint density at radius 3 is 2.74 bits per heavy atom. The maximum Gasteiger partial charge on any atom is 0.255 e. The van der Waals surface area contributed by atoms with E-state index in [2.05, 4.69) is 0 Å². The van der Waals surface area contributed by atoms with E-state index in [0.717, 1.165) is 0 Å². The highest BCUT2D eigenvalue weighted by atomic mass is 35.5. The minimum Gasteiger partial charge on any atom is -0.493 e. The molecule has 3 N–H and O–H groups in total. The molecule has 7 heteroatoms. The summed E-state index contributed by atoms with van der Waals surface area (Å²) in [6.45, 7) is -0.157. The van der Waals surface area contributed by atoms with Crippen LogP contribution in [0.25, 0.3) is 0 Å². The number of carbonyl (C=O) groups excluding carboxylic acids is 1. The molecule has 0 fully saturated rings. The highest BCUT2D eigenvalue weighted by Crippen LogP contribution is 2.31. The predicted molar refractivity (Wildman–Crippen MR) is 69.9 cm³/mol. The smallest absolute Gasteiger partial charge is 0.255 e. The van der Waals surface area contributed by atoms with Crippen molar-refractivity contribution in [3.63, 3.8) is 0 Å². The second-order valence-corrected chi connectivity index (χ2v) is 4.00. The molecule has 0 aromatic heterocycles. The van der Waals surface area contributed by atoms with Crippen LogP contribution in [0, 0.1) is 0 Å². The summed E-state index contributed by atoms with van der Waals surface area (Å²) in [4.78, 5) is 10.6. The third kappa shape index (κ3) is 5.23. The molecule has 19 heavy (non-hydrogen) atoms. The fraction of sp³-hybridized carbons (Fsp3) is 0.417. The third-order valence-corrected chi connectivity index (χ3v) is 2.48. The fourth-order valence-corrected chi connectivity index (χ4v) is 1.33. The van der Waals surface area contributed by atoms with Crippen molar-refractivity contribution in [2.75, 3.05) is 26.2 Å². The summed E-state index contributed by atoms with van der Waals surface area (Å²) in [5.74, 6) is 0.814. The molecule has 0 radical (unpaired) electrons. The maximum atomic E-state index is 10.6. The first-order valence-electron chi connectivity index (χ1n) is 5.52. The molecular formula is C12H16ClNO5. The number of aliphatic hydroxyl groups excluding tert-OH is 1. The standard InChI is InChI=1S/C12H16ClNO5/c1-17-11-4-9(18-7-12(14)16)2-3-10(11)19-6-8(15)5-13/h2-4,8,15H,5-7H2,1H3,(H2,14,16). The van der Waals surface area contributed by atoms with Gasteiger partial charge < -0.3 is 25.1 Å². The molecule has 1 unspecified atom stereocenters. The van der Waals surface area contributed by atoms with Gasteiger partial charge in [0.05, 0.1) is 13.0 Å². The van der Waals surface area contributed by atoms with Crippen LogP contribution in [0.2, 0.25) is 0 Å². The Hall–Kier alpha value is -1.66. The monoisotopic (exact) mass is 289 g/mol. The van der Waals surface area contributed by atoms with Gasteiger partial charge in [0.1, 0.15) is 18.5 Å². The predicted octanol–water partition coefficient (Wildman–Crippen LogP) is 0.538. The van der Waals surface area contributed by atoms with Gasteiger partial charge in [0.2, 0.25) is 0 Å². The molecule has 0 saturated carbocycles. The van der Waals surface area contributed by atoms with Crippen LogP contribution in [0.5, 0.6) is 17.2 Å². The number of halogens is 1. The van der Waals surface area contributed by atoms with E-state index in [4.69, 9.17) is 31.5 Å². The molecule has 0 bridgehead atoms. The minimum atomic E-state index is -0.753. The van der Waals surface area contributed by atoms with Crippen molar-refractivity contribution in [2.24, 2.45) is 5.73 Å². The van der Waals surface area contributed by atoms with Gasteiger partial charge in [-0.15, -0.1) is 11.6 Å². The molecule has 0 saturated heterocycles. The Morgan fingerprint density at radius 2 is 2.16 bits per heavy atom. The van der Waals surface area contributed by atoms with Crippen LogP contribution in [-0.2, 0) is 4.79 Å².